The first-order chi connectivity index (χ1) is 9.69. The maximum atomic E-state index is 2.28. The second-order valence-corrected chi connectivity index (χ2v) is 4.99. The molecule has 20 heavy (non-hydrogen) atoms. The molecular weight excluding hydrogens is 242 g/mol. The minimum Gasteiger partial charge on any atom is -0.305 e. The van der Waals surface area contributed by atoms with Gasteiger partial charge < -0.3 is 4.90 Å². The summed E-state index contributed by atoms with van der Waals surface area (Å²) in [6.45, 7) is 7.17. The summed E-state index contributed by atoms with van der Waals surface area (Å²) in [6.07, 6.45) is 1.10. The molecule has 2 aromatic carbocycles. The molecule has 0 aliphatic carbocycles. The molecule has 0 saturated carbocycles. The summed E-state index contributed by atoms with van der Waals surface area (Å²) in [5.41, 5.74) is 5.35. The first kappa shape index (κ1) is 16.5. The molecule has 0 N–H and O–H groups in total. The molecule has 2 rings (SSSR count). The summed E-state index contributed by atoms with van der Waals surface area (Å²) in [6, 6.07) is 17.6. The maximum absolute atomic E-state index is 2.28. The third-order valence-corrected chi connectivity index (χ3v) is 3.12. The van der Waals surface area contributed by atoms with Crippen LogP contribution in [0.25, 0.3) is 11.1 Å². The van der Waals surface area contributed by atoms with Crippen molar-refractivity contribution >= 4 is 0 Å². The molecule has 1 heteroatoms. The molecule has 0 aromatic heterocycles. The fourth-order valence-electron chi connectivity index (χ4n) is 2.15. The van der Waals surface area contributed by atoms with E-state index in [0.717, 1.165) is 13.0 Å². The standard InChI is InChI=1S/C17H21N.C2H6/c1-4-14-8-10-16(11-9-14)17-7-5-6-15(12-17)13-18(2)3;1-2/h5-12H,4,13H2,1-3H3;1-2H3. The van der Waals surface area contributed by atoms with E-state index in [-0.39, 0.29) is 0 Å². The van der Waals surface area contributed by atoms with Crippen LogP contribution in [-0.4, -0.2) is 19.0 Å². The van der Waals surface area contributed by atoms with Crippen molar-refractivity contribution in [3.63, 3.8) is 0 Å². The summed E-state index contributed by atoms with van der Waals surface area (Å²) in [5.74, 6) is 0. The third-order valence-electron chi connectivity index (χ3n) is 3.12. The van der Waals surface area contributed by atoms with Gasteiger partial charge in [-0.1, -0.05) is 63.2 Å². The SMILES string of the molecule is CC.CCc1ccc(-c2cccc(CN(C)C)c2)cc1. The van der Waals surface area contributed by atoms with Gasteiger partial charge >= 0.3 is 0 Å². The molecule has 0 aliphatic rings. The van der Waals surface area contributed by atoms with Gasteiger partial charge in [0.25, 0.3) is 0 Å². The highest BCUT2D eigenvalue weighted by Crippen LogP contribution is 2.21. The van der Waals surface area contributed by atoms with E-state index in [2.05, 4.69) is 74.4 Å². The zero-order valence-electron chi connectivity index (χ0n) is 13.5. The molecule has 2 aromatic rings. The Labute approximate surface area is 124 Å². The lowest BCUT2D eigenvalue weighted by Crippen LogP contribution is -2.10. The number of benzene rings is 2. The van der Waals surface area contributed by atoms with Gasteiger partial charge in [0.05, 0.1) is 0 Å². The van der Waals surface area contributed by atoms with E-state index in [9.17, 15) is 0 Å². The van der Waals surface area contributed by atoms with Crippen LogP contribution in [0.4, 0.5) is 0 Å². The highest BCUT2D eigenvalue weighted by molar-refractivity contribution is 5.64. The molecule has 0 atom stereocenters. The van der Waals surface area contributed by atoms with Crippen LogP contribution in [0.15, 0.2) is 48.5 Å². The molecule has 0 radical (unpaired) electrons. The van der Waals surface area contributed by atoms with Crippen molar-refractivity contribution in [3.8, 4) is 11.1 Å². The van der Waals surface area contributed by atoms with Gasteiger partial charge in [-0.15, -0.1) is 0 Å². The summed E-state index contributed by atoms with van der Waals surface area (Å²) >= 11 is 0. The first-order valence-corrected chi connectivity index (χ1v) is 7.52. The zero-order valence-corrected chi connectivity index (χ0v) is 13.5. The summed E-state index contributed by atoms with van der Waals surface area (Å²) in [7, 11) is 4.20. The average Bonchev–Trinajstić information content (AvgIpc) is 2.49. The second-order valence-electron chi connectivity index (χ2n) is 4.99. The third kappa shape index (κ3) is 4.82. The van der Waals surface area contributed by atoms with Gasteiger partial charge in [-0.25, -0.2) is 0 Å². The van der Waals surface area contributed by atoms with Gasteiger partial charge in [0.1, 0.15) is 0 Å². The van der Waals surface area contributed by atoms with Crippen LogP contribution in [-0.2, 0) is 13.0 Å². The van der Waals surface area contributed by atoms with E-state index in [1.807, 2.05) is 13.8 Å². The number of rotatable bonds is 4. The zero-order chi connectivity index (χ0) is 15.0. The van der Waals surface area contributed by atoms with Gasteiger partial charge in [0, 0.05) is 6.54 Å². The molecule has 0 amide bonds. The van der Waals surface area contributed by atoms with E-state index in [0.29, 0.717) is 0 Å². The fourth-order valence-corrected chi connectivity index (χ4v) is 2.15. The fraction of sp³-hybridized carbons (Fsp3) is 0.368. The van der Waals surface area contributed by atoms with Gasteiger partial charge in [0.15, 0.2) is 0 Å². The molecule has 0 heterocycles. The van der Waals surface area contributed by atoms with Crippen LogP contribution >= 0.6 is 0 Å². The van der Waals surface area contributed by atoms with Gasteiger partial charge in [-0.2, -0.15) is 0 Å². The number of hydrogen-bond acceptors (Lipinski definition) is 1. The van der Waals surface area contributed by atoms with E-state index < -0.39 is 0 Å². The van der Waals surface area contributed by atoms with Crippen LogP contribution < -0.4 is 0 Å². The van der Waals surface area contributed by atoms with Crippen LogP contribution in [0.1, 0.15) is 31.9 Å². The minimum absolute atomic E-state index is 0.987. The highest BCUT2D eigenvalue weighted by atomic mass is 15.0. The smallest absolute Gasteiger partial charge is 0.0227 e. The topological polar surface area (TPSA) is 3.24 Å². The molecular formula is C19H27N. The average molecular weight is 269 g/mol. The predicted molar refractivity (Wildman–Crippen MR) is 90.0 cm³/mol. The summed E-state index contributed by atoms with van der Waals surface area (Å²) in [5, 5.41) is 0. The Morgan fingerprint density at radius 1 is 0.800 bits per heavy atom. The second kappa shape index (κ2) is 8.55. The lowest BCUT2D eigenvalue weighted by Gasteiger charge is -2.11. The highest BCUT2D eigenvalue weighted by Gasteiger charge is 2.00. The molecule has 0 bridgehead atoms. The lowest BCUT2D eigenvalue weighted by molar-refractivity contribution is 0.402. The number of hydrogen-bond donors (Lipinski definition) is 0. The van der Waals surface area contributed by atoms with Crippen LogP contribution in [0.5, 0.6) is 0 Å². The van der Waals surface area contributed by atoms with Crippen molar-refractivity contribution in [1.82, 2.24) is 4.90 Å². The molecule has 0 aliphatic heterocycles. The normalized spacial score (nSPS) is 10.1. The number of aryl methyl sites for hydroxylation is 1. The maximum Gasteiger partial charge on any atom is 0.0227 e. The monoisotopic (exact) mass is 269 g/mol. The number of nitrogens with zero attached hydrogens (tertiary/aromatic N) is 1. The van der Waals surface area contributed by atoms with Crippen molar-refractivity contribution in [2.24, 2.45) is 0 Å². The van der Waals surface area contributed by atoms with E-state index >= 15 is 0 Å². The molecule has 0 spiro atoms. The van der Waals surface area contributed by atoms with Gasteiger partial charge in [0.2, 0.25) is 0 Å². The Balaban J connectivity index is 0.000000956. The van der Waals surface area contributed by atoms with Crippen molar-refractivity contribution in [2.45, 2.75) is 33.7 Å². The van der Waals surface area contributed by atoms with Crippen LogP contribution in [0.2, 0.25) is 0 Å². The van der Waals surface area contributed by atoms with Crippen molar-refractivity contribution in [1.29, 1.82) is 0 Å². The predicted octanol–water partition coefficient (Wildman–Crippen LogP) is 5.00. The molecule has 0 saturated heterocycles. The van der Waals surface area contributed by atoms with E-state index in [4.69, 9.17) is 0 Å². The summed E-state index contributed by atoms with van der Waals surface area (Å²) < 4.78 is 0. The Hall–Kier alpha value is -1.60. The minimum atomic E-state index is 0.987. The molecule has 108 valence electrons. The Kier molecular flexibility index (Phi) is 7.03. The van der Waals surface area contributed by atoms with Crippen LogP contribution in [0, 0.1) is 0 Å². The van der Waals surface area contributed by atoms with E-state index in [1.54, 1.807) is 0 Å². The van der Waals surface area contributed by atoms with Crippen molar-refractivity contribution in [3.05, 3.63) is 59.7 Å². The Morgan fingerprint density at radius 2 is 1.45 bits per heavy atom. The van der Waals surface area contributed by atoms with Gasteiger partial charge in [-0.3, -0.25) is 0 Å². The van der Waals surface area contributed by atoms with E-state index in [1.165, 1.54) is 22.3 Å². The first-order valence-electron chi connectivity index (χ1n) is 7.52. The lowest BCUT2D eigenvalue weighted by atomic mass is 10.0. The largest absolute Gasteiger partial charge is 0.305 e. The molecule has 0 fully saturated rings. The van der Waals surface area contributed by atoms with Crippen LogP contribution in [0.3, 0.4) is 0 Å². The Bertz CT molecular complexity index is 497. The molecule has 0 unspecified atom stereocenters. The summed E-state index contributed by atoms with van der Waals surface area (Å²) in [4.78, 5) is 2.19. The van der Waals surface area contributed by atoms with Gasteiger partial charge in [-0.05, 0) is 48.8 Å². The van der Waals surface area contributed by atoms with Crippen molar-refractivity contribution in [2.75, 3.05) is 14.1 Å². The molecule has 1 nitrogen and oxygen atoms in total. The quantitative estimate of drug-likeness (QED) is 0.754. The Morgan fingerprint density at radius 3 is 2.00 bits per heavy atom. The van der Waals surface area contributed by atoms with Crippen molar-refractivity contribution < 1.29 is 0 Å².